The fourth-order valence-corrected chi connectivity index (χ4v) is 4.37. The van der Waals surface area contributed by atoms with Crippen LogP contribution in [-0.2, 0) is 11.3 Å². The maximum atomic E-state index is 12.9. The number of aryl methyl sites for hydroxylation is 3. The largest absolute Gasteiger partial charge is 0.324 e. The maximum Gasteiger partial charge on any atom is 0.271 e. The second-order valence-electron chi connectivity index (χ2n) is 6.58. The zero-order valence-electron chi connectivity index (χ0n) is 15.2. The van der Waals surface area contributed by atoms with Crippen molar-refractivity contribution in [2.75, 3.05) is 5.32 Å². The molecule has 0 fully saturated rings. The fourth-order valence-electron chi connectivity index (χ4n) is 3.17. The smallest absolute Gasteiger partial charge is 0.271 e. The molecule has 0 aliphatic carbocycles. The monoisotopic (exact) mass is 378 g/mol. The lowest BCUT2D eigenvalue weighted by atomic mass is 10.1. The highest BCUT2D eigenvalue weighted by Crippen LogP contribution is 2.31. The van der Waals surface area contributed by atoms with Gasteiger partial charge in [0.1, 0.15) is 16.1 Å². The van der Waals surface area contributed by atoms with Crippen molar-refractivity contribution in [2.24, 2.45) is 0 Å². The van der Waals surface area contributed by atoms with E-state index in [0.29, 0.717) is 10.2 Å². The van der Waals surface area contributed by atoms with E-state index in [4.69, 9.17) is 0 Å². The van der Waals surface area contributed by atoms with Gasteiger partial charge in [-0.15, -0.1) is 11.3 Å². The van der Waals surface area contributed by atoms with Crippen LogP contribution in [0.5, 0.6) is 0 Å². The highest BCUT2D eigenvalue weighted by molar-refractivity contribution is 7.25. The van der Waals surface area contributed by atoms with Crippen LogP contribution < -0.4 is 10.9 Å². The molecule has 1 aromatic carbocycles. The third-order valence-electron chi connectivity index (χ3n) is 4.48. The van der Waals surface area contributed by atoms with Gasteiger partial charge in [-0.1, -0.05) is 18.2 Å². The van der Waals surface area contributed by atoms with E-state index in [1.165, 1.54) is 22.2 Å². The molecule has 1 amide bonds. The molecule has 0 spiro atoms. The minimum atomic E-state index is -0.265. The van der Waals surface area contributed by atoms with Crippen LogP contribution in [0.15, 0.2) is 41.5 Å². The number of pyridine rings is 1. The first-order valence-corrected chi connectivity index (χ1v) is 9.37. The van der Waals surface area contributed by atoms with E-state index in [2.05, 4.69) is 15.3 Å². The molecule has 0 atom stereocenters. The number of benzene rings is 1. The molecule has 0 unspecified atom stereocenters. The van der Waals surface area contributed by atoms with Crippen LogP contribution >= 0.6 is 11.3 Å². The SMILES string of the molecule is Cc1cc(C)c2c(n1)sc1c(=O)n(CC(=O)Nc3ccccc3C)cnc12. The summed E-state index contributed by atoms with van der Waals surface area (Å²) in [7, 11) is 0. The van der Waals surface area contributed by atoms with E-state index < -0.39 is 0 Å². The maximum absolute atomic E-state index is 12.9. The van der Waals surface area contributed by atoms with Crippen LogP contribution in [0.3, 0.4) is 0 Å². The predicted molar refractivity (Wildman–Crippen MR) is 108 cm³/mol. The van der Waals surface area contributed by atoms with Gasteiger partial charge in [0.15, 0.2) is 0 Å². The second kappa shape index (κ2) is 6.59. The van der Waals surface area contributed by atoms with Gasteiger partial charge in [-0.05, 0) is 44.0 Å². The van der Waals surface area contributed by atoms with Gasteiger partial charge < -0.3 is 5.32 Å². The lowest BCUT2D eigenvalue weighted by Gasteiger charge is -2.09. The molecular weight excluding hydrogens is 360 g/mol. The number of para-hydroxylation sites is 1. The number of thiophene rings is 1. The summed E-state index contributed by atoms with van der Waals surface area (Å²) < 4.78 is 1.87. The molecule has 0 bridgehead atoms. The molecule has 3 aromatic heterocycles. The molecule has 4 aromatic rings. The second-order valence-corrected chi connectivity index (χ2v) is 7.58. The van der Waals surface area contributed by atoms with Gasteiger partial charge in [-0.3, -0.25) is 14.2 Å². The number of carbonyl (C=O) groups excluding carboxylic acids is 1. The number of hydrogen-bond donors (Lipinski definition) is 1. The average molecular weight is 378 g/mol. The predicted octanol–water partition coefficient (Wildman–Crippen LogP) is 3.57. The van der Waals surface area contributed by atoms with Crippen LogP contribution in [-0.4, -0.2) is 20.4 Å². The van der Waals surface area contributed by atoms with E-state index in [-0.39, 0.29) is 18.0 Å². The molecule has 0 saturated heterocycles. The molecule has 0 aliphatic heterocycles. The van der Waals surface area contributed by atoms with Crippen molar-refractivity contribution in [2.45, 2.75) is 27.3 Å². The number of hydrogen-bond acceptors (Lipinski definition) is 5. The minimum Gasteiger partial charge on any atom is -0.324 e. The molecule has 6 nitrogen and oxygen atoms in total. The van der Waals surface area contributed by atoms with Gasteiger partial charge in [0.05, 0.1) is 11.8 Å². The third kappa shape index (κ3) is 3.10. The molecule has 136 valence electrons. The van der Waals surface area contributed by atoms with Gasteiger partial charge in [-0.2, -0.15) is 0 Å². The number of rotatable bonds is 3. The first-order valence-electron chi connectivity index (χ1n) is 8.55. The summed E-state index contributed by atoms with van der Waals surface area (Å²) in [5.41, 5.74) is 4.09. The Hall–Kier alpha value is -3.06. The highest BCUT2D eigenvalue weighted by Gasteiger charge is 2.16. The van der Waals surface area contributed by atoms with Crippen molar-refractivity contribution < 1.29 is 4.79 Å². The molecule has 7 heteroatoms. The topological polar surface area (TPSA) is 76.9 Å². The van der Waals surface area contributed by atoms with Crippen LogP contribution in [0.25, 0.3) is 20.4 Å². The minimum absolute atomic E-state index is 0.0875. The number of anilines is 1. The molecule has 27 heavy (non-hydrogen) atoms. The number of nitrogens with zero attached hydrogens (tertiary/aromatic N) is 3. The summed E-state index contributed by atoms with van der Waals surface area (Å²) in [6, 6.07) is 9.50. The van der Waals surface area contributed by atoms with Crippen molar-refractivity contribution in [3.8, 4) is 0 Å². The Morgan fingerprint density at radius 2 is 1.96 bits per heavy atom. The number of nitrogens with one attached hydrogen (secondary N) is 1. The van der Waals surface area contributed by atoms with Crippen molar-refractivity contribution in [1.82, 2.24) is 14.5 Å². The Morgan fingerprint density at radius 3 is 2.74 bits per heavy atom. The Labute approximate surface area is 159 Å². The van der Waals surface area contributed by atoms with Gasteiger partial charge in [-0.25, -0.2) is 9.97 Å². The number of amides is 1. The Balaban J connectivity index is 1.71. The van der Waals surface area contributed by atoms with Crippen molar-refractivity contribution in [1.29, 1.82) is 0 Å². The molecule has 0 saturated carbocycles. The van der Waals surface area contributed by atoms with Gasteiger partial charge >= 0.3 is 0 Å². The Kier molecular flexibility index (Phi) is 4.24. The van der Waals surface area contributed by atoms with Crippen LogP contribution in [0.1, 0.15) is 16.8 Å². The highest BCUT2D eigenvalue weighted by atomic mass is 32.1. The molecule has 4 rings (SSSR count). The zero-order chi connectivity index (χ0) is 19.1. The summed E-state index contributed by atoms with van der Waals surface area (Å²) in [5.74, 6) is -0.265. The van der Waals surface area contributed by atoms with E-state index >= 15 is 0 Å². The lowest BCUT2D eigenvalue weighted by molar-refractivity contribution is -0.116. The number of carbonyl (C=O) groups is 1. The van der Waals surface area contributed by atoms with E-state index in [9.17, 15) is 9.59 Å². The van der Waals surface area contributed by atoms with Crippen molar-refractivity contribution >= 4 is 43.4 Å². The molecule has 1 N–H and O–H groups in total. The number of aromatic nitrogens is 3. The quantitative estimate of drug-likeness (QED) is 0.591. The van der Waals surface area contributed by atoms with E-state index in [1.54, 1.807) is 0 Å². The first-order chi connectivity index (χ1) is 12.9. The normalized spacial score (nSPS) is 11.2. The molecule has 3 heterocycles. The molecule has 0 aliphatic rings. The molecular formula is C20H18N4O2S. The van der Waals surface area contributed by atoms with Gasteiger partial charge in [0, 0.05) is 16.8 Å². The molecule has 0 radical (unpaired) electrons. The van der Waals surface area contributed by atoms with Crippen molar-refractivity contribution in [3.63, 3.8) is 0 Å². The first kappa shape index (κ1) is 17.4. The van der Waals surface area contributed by atoms with Crippen LogP contribution in [0.4, 0.5) is 5.69 Å². The van der Waals surface area contributed by atoms with Gasteiger partial charge in [0.2, 0.25) is 5.91 Å². The summed E-state index contributed by atoms with van der Waals surface area (Å²) in [6.45, 7) is 5.75. The summed E-state index contributed by atoms with van der Waals surface area (Å²) in [5, 5.41) is 3.75. The summed E-state index contributed by atoms with van der Waals surface area (Å²) >= 11 is 1.33. The fraction of sp³-hybridized carbons (Fsp3) is 0.200. The van der Waals surface area contributed by atoms with Gasteiger partial charge in [0.25, 0.3) is 5.56 Å². The summed E-state index contributed by atoms with van der Waals surface area (Å²) in [6.07, 6.45) is 1.44. The zero-order valence-corrected chi connectivity index (χ0v) is 16.1. The lowest BCUT2D eigenvalue weighted by Crippen LogP contribution is -2.27. The Morgan fingerprint density at radius 1 is 1.19 bits per heavy atom. The summed E-state index contributed by atoms with van der Waals surface area (Å²) in [4.78, 5) is 35.0. The average Bonchev–Trinajstić information content (AvgIpc) is 2.99. The standard InChI is InChI=1S/C20H18N4O2S/c1-11-6-4-5-7-14(11)23-15(25)9-24-10-21-17-16-12(2)8-13(3)22-19(16)27-18(17)20(24)26/h4-8,10H,9H2,1-3H3,(H,23,25). The van der Waals surface area contributed by atoms with Crippen LogP contribution in [0.2, 0.25) is 0 Å². The van der Waals surface area contributed by atoms with E-state index in [1.807, 2.05) is 51.1 Å². The van der Waals surface area contributed by atoms with E-state index in [0.717, 1.165) is 32.7 Å². The Bertz CT molecular complexity index is 1260. The number of fused-ring (bicyclic) bond motifs is 3. The van der Waals surface area contributed by atoms with Crippen LogP contribution in [0, 0.1) is 20.8 Å². The third-order valence-corrected chi connectivity index (χ3v) is 5.54. The van der Waals surface area contributed by atoms with Crippen molar-refractivity contribution in [3.05, 3.63) is 63.8 Å².